The fourth-order valence-electron chi connectivity index (χ4n) is 1.51. The van der Waals surface area contributed by atoms with Crippen molar-refractivity contribution in [3.8, 4) is 0 Å². The Kier molecular flexibility index (Phi) is 6.54. The molecule has 0 saturated carbocycles. The maximum atomic E-state index is 12.0. The fraction of sp³-hybridized carbons (Fsp3) is 0.357. The lowest BCUT2D eigenvalue weighted by molar-refractivity contribution is 0.0950. The summed E-state index contributed by atoms with van der Waals surface area (Å²) in [7, 11) is -1.83. The Labute approximate surface area is 125 Å². The van der Waals surface area contributed by atoms with E-state index in [0.29, 0.717) is 12.1 Å². The van der Waals surface area contributed by atoms with Crippen molar-refractivity contribution in [1.29, 1.82) is 0 Å². The van der Waals surface area contributed by atoms with Crippen LogP contribution in [-0.2, 0) is 10.0 Å². The maximum absolute atomic E-state index is 12.0. The number of carbonyl (C=O) groups is 1. The van der Waals surface area contributed by atoms with Crippen molar-refractivity contribution >= 4 is 15.9 Å². The molecule has 0 fully saturated rings. The van der Waals surface area contributed by atoms with E-state index in [1.54, 1.807) is 19.2 Å². The van der Waals surface area contributed by atoms with E-state index in [1.165, 1.54) is 18.2 Å². The molecule has 7 heteroatoms. The summed E-state index contributed by atoms with van der Waals surface area (Å²) in [4.78, 5) is 12.0. The van der Waals surface area contributed by atoms with Crippen LogP contribution in [0.1, 0.15) is 17.3 Å². The molecule has 21 heavy (non-hydrogen) atoms. The zero-order valence-corrected chi connectivity index (χ0v) is 13.0. The fourth-order valence-corrected chi connectivity index (χ4v) is 2.55. The van der Waals surface area contributed by atoms with Gasteiger partial charge < -0.3 is 10.6 Å². The van der Waals surface area contributed by atoms with Crippen LogP contribution in [0, 0.1) is 0 Å². The molecule has 0 bridgehead atoms. The zero-order valence-electron chi connectivity index (χ0n) is 12.2. The first-order valence-electron chi connectivity index (χ1n) is 6.56. The van der Waals surface area contributed by atoms with Crippen LogP contribution in [0.4, 0.5) is 0 Å². The van der Waals surface area contributed by atoms with Crippen LogP contribution in [0.15, 0.2) is 41.8 Å². The van der Waals surface area contributed by atoms with Crippen molar-refractivity contribution in [3.63, 3.8) is 0 Å². The number of benzene rings is 1. The highest BCUT2D eigenvalue weighted by Gasteiger charge is 2.15. The molecule has 1 rings (SSSR count). The second-order valence-electron chi connectivity index (χ2n) is 4.57. The minimum absolute atomic E-state index is 0.0543. The molecule has 0 saturated heterocycles. The van der Waals surface area contributed by atoms with Gasteiger partial charge in [-0.2, -0.15) is 0 Å². The highest BCUT2D eigenvalue weighted by molar-refractivity contribution is 7.89. The van der Waals surface area contributed by atoms with Gasteiger partial charge in [-0.05, 0) is 32.2 Å². The average molecular weight is 311 g/mol. The number of rotatable bonds is 8. The summed E-state index contributed by atoms with van der Waals surface area (Å²) < 4.78 is 26.3. The monoisotopic (exact) mass is 311 g/mol. The van der Waals surface area contributed by atoms with Crippen LogP contribution in [0.25, 0.3) is 0 Å². The van der Waals surface area contributed by atoms with E-state index in [2.05, 4.69) is 21.9 Å². The standard InChI is InChI=1S/C14H21N3O3S/c1-4-8-17-21(19,20)13-7-5-6-12(9-13)14(18)16-10-11(2)15-3/h4-7,9,11,15,17H,1,8,10H2,2-3H3,(H,16,18). The average Bonchev–Trinajstić information content (AvgIpc) is 2.50. The molecule has 116 valence electrons. The summed E-state index contributed by atoms with van der Waals surface area (Å²) in [5, 5.41) is 5.74. The van der Waals surface area contributed by atoms with Crippen molar-refractivity contribution in [2.45, 2.75) is 17.9 Å². The Balaban J connectivity index is 2.85. The third-order valence-corrected chi connectivity index (χ3v) is 4.31. The SMILES string of the molecule is C=CCNS(=O)(=O)c1cccc(C(=O)NCC(C)NC)c1. The summed E-state index contributed by atoms with van der Waals surface area (Å²) in [6.07, 6.45) is 1.45. The second-order valence-corrected chi connectivity index (χ2v) is 6.34. The Morgan fingerprint density at radius 1 is 1.43 bits per heavy atom. The van der Waals surface area contributed by atoms with Gasteiger partial charge >= 0.3 is 0 Å². The molecule has 3 N–H and O–H groups in total. The molecule has 0 radical (unpaired) electrons. The minimum Gasteiger partial charge on any atom is -0.350 e. The van der Waals surface area contributed by atoms with Crippen molar-refractivity contribution in [3.05, 3.63) is 42.5 Å². The van der Waals surface area contributed by atoms with E-state index in [0.717, 1.165) is 0 Å². The summed E-state index contributed by atoms with van der Waals surface area (Å²) in [5.74, 6) is -0.308. The summed E-state index contributed by atoms with van der Waals surface area (Å²) in [6, 6.07) is 6.05. The largest absolute Gasteiger partial charge is 0.350 e. The first-order valence-corrected chi connectivity index (χ1v) is 8.05. The van der Waals surface area contributed by atoms with E-state index >= 15 is 0 Å². The van der Waals surface area contributed by atoms with Gasteiger partial charge in [0.2, 0.25) is 10.0 Å². The van der Waals surface area contributed by atoms with E-state index in [9.17, 15) is 13.2 Å². The molecule has 0 aliphatic heterocycles. The predicted molar refractivity (Wildman–Crippen MR) is 82.7 cm³/mol. The van der Waals surface area contributed by atoms with E-state index < -0.39 is 10.0 Å². The second kappa shape index (κ2) is 7.92. The number of nitrogens with one attached hydrogen (secondary N) is 3. The molecule has 0 aliphatic carbocycles. The molecule has 1 aromatic carbocycles. The first kappa shape index (κ1) is 17.4. The molecule has 1 aromatic rings. The molecular formula is C14H21N3O3S. The van der Waals surface area contributed by atoms with Gasteiger partial charge in [-0.1, -0.05) is 12.1 Å². The van der Waals surface area contributed by atoms with Gasteiger partial charge in [0, 0.05) is 24.7 Å². The maximum Gasteiger partial charge on any atom is 0.251 e. The Morgan fingerprint density at radius 2 is 2.14 bits per heavy atom. The molecule has 0 aromatic heterocycles. The van der Waals surface area contributed by atoms with Gasteiger partial charge in [-0.3, -0.25) is 4.79 Å². The van der Waals surface area contributed by atoms with Crippen molar-refractivity contribution in [2.75, 3.05) is 20.1 Å². The highest BCUT2D eigenvalue weighted by atomic mass is 32.2. The molecule has 1 atom stereocenters. The van der Waals surface area contributed by atoms with Crippen LogP contribution < -0.4 is 15.4 Å². The van der Waals surface area contributed by atoms with Crippen molar-refractivity contribution in [1.82, 2.24) is 15.4 Å². The summed E-state index contributed by atoms with van der Waals surface area (Å²) >= 11 is 0. The van der Waals surface area contributed by atoms with E-state index in [-0.39, 0.29) is 23.4 Å². The lowest BCUT2D eigenvalue weighted by Gasteiger charge is -2.12. The number of carbonyl (C=O) groups excluding carboxylic acids is 1. The lowest BCUT2D eigenvalue weighted by Crippen LogP contribution is -2.37. The smallest absolute Gasteiger partial charge is 0.251 e. The van der Waals surface area contributed by atoms with Crippen LogP contribution in [0.3, 0.4) is 0 Å². The first-order chi connectivity index (χ1) is 9.90. The molecular weight excluding hydrogens is 290 g/mol. The third kappa shape index (κ3) is 5.30. The Hall–Kier alpha value is -1.70. The molecule has 1 unspecified atom stereocenters. The predicted octanol–water partition coefficient (Wildman–Crippen LogP) is 0.489. The van der Waals surface area contributed by atoms with E-state index in [4.69, 9.17) is 0 Å². The summed E-state index contributed by atoms with van der Waals surface area (Å²) in [6.45, 7) is 5.98. The number of amides is 1. The molecule has 6 nitrogen and oxygen atoms in total. The topological polar surface area (TPSA) is 87.3 Å². The number of hydrogen-bond acceptors (Lipinski definition) is 4. The lowest BCUT2D eigenvalue weighted by atomic mass is 10.2. The Morgan fingerprint density at radius 3 is 2.76 bits per heavy atom. The number of sulfonamides is 1. The minimum atomic E-state index is -3.63. The quantitative estimate of drug-likeness (QED) is 0.610. The van der Waals surface area contributed by atoms with Crippen LogP contribution in [0.5, 0.6) is 0 Å². The molecule has 0 spiro atoms. The third-order valence-electron chi connectivity index (χ3n) is 2.89. The Bertz CT molecular complexity index is 599. The van der Waals surface area contributed by atoms with E-state index in [1.807, 2.05) is 6.92 Å². The van der Waals surface area contributed by atoms with Gasteiger partial charge in [-0.15, -0.1) is 6.58 Å². The van der Waals surface area contributed by atoms with Gasteiger partial charge in [0.1, 0.15) is 0 Å². The van der Waals surface area contributed by atoms with Gasteiger partial charge in [0.25, 0.3) is 5.91 Å². The normalized spacial score (nSPS) is 12.7. The van der Waals surface area contributed by atoms with Gasteiger partial charge in [-0.25, -0.2) is 13.1 Å². The molecule has 1 amide bonds. The number of likely N-dealkylation sites (N-methyl/N-ethyl adjacent to an activating group) is 1. The van der Waals surface area contributed by atoms with Crippen molar-refractivity contribution in [2.24, 2.45) is 0 Å². The van der Waals surface area contributed by atoms with Gasteiger partial charge in [0.05, 0.1) is 4.90 Å². The van der Waals surface area contributed by atoms with Crippen LogP contribution >= 0.6 is 0 Å². The summed E-state index contributed by atoms with van der Waals surface area (Å²) in [5.41, 5.74) is 0.305. The highest BCUT2D eigenvalue weighted by Crippen LogP contribution is 2.11. The molecule has 0 heterocycles. The van der Waals surface area contributed by atoms with Crippen molar-refractivity contribution < 1.29 is 13.2 Å². The molecule has 0 aliphatic rings. The number of hydrogen-bond donors (Lipinski definition) is 3. The zero-order chi connectivity index (χ0) is 15.9. The van der Waals surface area contributed by atoms with Crippen LogP contribution in [-0.4, -0.2) is 40.5 Å². The van der Waals surface area contributed by atoms with Crippen LogP contribution in [0.2, 0.25) is 0 Å². The van der Waals surface area contributed by atoms with Gasteiger partial charge in [0.15, 0.2) is 0 Å².